The van der Waals surface area contributed by atoms with E-state index in [1.54, 1.807) is 24.3 Å². The third-order valence-electron chi connectivity index (χ3n) is 3.81. The van der Waals surface area contributed by atoms with Crippen molar-refractivity contribution in [2.45, 2.75) is 43.2 Å². The summed E-state index contributed by atoms with van der Waals surface area (Å²) < 4.78 is 26.8. The van der Waals surface area contributed by atoms with Gasteiger partial charge >= 0.3 is 6.03 Å². The van der Waals surface area contributed by atoms with E-state index in [0.29, 0.717) is 19.7 Å². The monoisotopic (exact) mass is 339 g/mol. The summed E-state index contributed by atoms with van der Waals surface area (Å²) in [4.78, 5) is 17.4. The van der Waals surface area contributed by atoms with Crippen LogP contribution in [0.25, 0.3) is 0 Å². The van der Waals surface area contributed by atoms with Crippen LogP contribution in [-0.2, 0) is 21.4 Å². The fourth-order valence-electron chi connectivity index (χ4n) is 2.30. The second kappa shape index (κ2) is 6.86. The summed E-state index contributed by atoms with van der Waals surface area (Å²) in [6.45, 7) is 1.49. The van der Waals surface area contributed by atoms with Gasteiger partial charge < -0.3 is 5.32 Å². The van der Waals surface area contributed by atoms with Crippen LogP contribution in [-0.4, -0.2) is 38.7 Å². The van der Waals surface area contributed by atoms with Gasteiger partial charge in [-0.3, -0.25) is 4.84 Å². The fourth-order valence-corrected chi connectivity index (χ4v) is 3.60. The Labute approximate surface area is 136 Å². The largest absolute Gasteiger partial charge is 0.341 e. The number of rotatable bonds is 5. The third-order valence-corrected chi connectivity index (χ3v) is 5.34. The Hall–Kier alpha value is -1.64. The van der Waals surface area contributed by atoms with Crippen LogP contribution in [0.5, 0.6) is 0 Å². The molecule has 7 nitrogen and oxygen atoms in total. The zero-order chi connectivity index (χ0) is 16.3. The topological polar surface area (TPSA) is 87.7 Å². The molecule has 2 N–H and O–H groups in total. The molecular formula is C15H21N3O4S. The number of hydrogen-bond donors (Lipinski definition) is 2. The highest BCUT2D eigenvalue weighted by atomic mass is 32.2. The van der Waals surface area contributed by atoms with E-state index in [1.165, 1.54) is 5.06 Å². The Morgan fingerprint density at radius 3 is 2.57 bits per heavy atom. The zero-order valence-electron chi connectivity index (χ0n) is 12.8. The van der Waals surface area contributed by atoms with Gasteiger partial charge in [0, 0.05) is 12.6 Å². The first-order chi connectivity index (χ1) is 11.0. The van der Waals surface area contributed by atoms with E-state index in [9.17, 15) is 13.2 Å². The average Bonchev–Trinajstić information content (AvgIpc) is 3.37. The lowest BCUT2D eigenvalue weighted by atomic mass is 10.2. The Bertz CT molecular complexity index is 650. The van der Waals surface area contributed by atoms with Crippen LogP contribution in [0, 0.1) is 0 Å². The number of nitrogens with one attached hydrogen (secondary N) is 2. The minimum absolute atomic E-state index is 0.0866. The van der Waals surface area contributed by atoms with E-state index in [4.69, 9.17) is 4.84 Å². The van der Waals surface area contributed by atoms with Gasteiger partial charge in [0.15, 0.2) is 0 Å². The molecule has 0 bridgehead atoms. The highest BCUT2D eigenvalue weighted by Gasteiger charge is 2.27. The van der Waals surface area contributed by atoms with Gasteiger partial charge in [-0.25, -0.2) is 23.0 Å². The van der Waals surface area contributed by atoms with Crippen molar-refractivity contribution >= 4 is 16.1 Å². The maximum atomic E-state index is 12.1. The number of amides is 2. The molecular weight excluding hydrogens is 318 g/mol. The Kier molecular flexibility index (Phi) is 4.84. The van der Waals surface area contributed by atoms with Crippen molar-refractivity contribution in [2.24, 2.45) is 0 Å². The SMILES string of the molecule is O=C(NCc1ccc(S(=O)(=O)NC2CC2)cc1)N1CCCCO1. The van der Waals surface area contributed by atoms with E-state index >= 15 is 0 Å². The van der Waals surface area contributed by atoms with E-state index in [0.717, 1.165) is 31.2 Å². The van der Waals surface area contributed by atoms with Gasteiger partial charge in [-0.05, 0) is 43.4 Å². The fraction of sp³-hybridized carbons (Fsp3) is 0.533. The van der Waals surface area contributed by atoms with Crippen molar-refractivity contribution in [1.29, 1.82) is 0 Å². The van der Waals surface area contributed by atoms with Gasteiger partial charge in [-0.2, -0.15) is 0 Å². The van der Waals surface area contributed by atoms with Crippen LogP contribution >= 0.6 is 0 Å². The second-order valence-electron chi connectivity index (χ2n) is 5.84. The molecule has 2 amide bonds. The van der Waals surface area contributed by atoms with Crippen molar-refractivity contribution in [2.75, 3.05) is 13.2 Å². The van der Waals surface area contributed by atoms with Gasteiger partial charge in [0.1, 0.15) is 0 Å². The summed E-state index contributed by atoms with van der Waals surface area (Å²) in [6, 6.07) is 6.35. The smallest absolute Gasteiger partial charge is 0.332 e. The average molecular weight is 339 g/mol. The summed E-state index contributed by atoms with van der Waals surface area (Å²) in [7, 11) is -3.43. The van der Waals surface area contributed by atoms with Gasteiger partial charge in [0.25, 0.3) is 0 Å². The van der Waals surface area contributed by atoms with Crippen molar-refractivity contribution in [3.63, 3.8) is 0 Å². The molecule has 1 aromatic carbocycles. The van der Waals surface area contributed by atoms with Crippen LogP contribution < -0.4 is 10.0 Å². The molecule has 0 aromatic heterocycles. The zero-order valence-corrected chi connectivity index (χ0v) is 13.6. The molecule has 1 heterocycles. The van der Waals surface area contributed by atoms with Crippen molar-refractivity contribution in [3.8, 4) is 0 Å². The lowest BCUT2D eigenvalue weighted by molar-refractivity contribution is -0.139. The lowest BCUT2D eigenvalue weighted by Crippen LogP contribution is -2.42. The molecule has 0 atom stereocenters. The van der Waals surface area contributed by atoms with Crippen molar-refractivity contribution in [3.05, 3.63) is 29.8 Å². The molecule has 3 rings (SSSR count). The van der Waals surface area contributed by atoms with Crippen LogP contribution in [0.1, 0.15) is 31.2 Å². The van der Waals surface area contributed by atoms with E-state index in [-0.39, 0.29) is 17.0 Å². The third kappa shape index (κ3) is 4.43. The summed E-state index contributed by atoms with van der Waals surface area (Å²) in [6.07, 6.45) is 3.71. The Morgan fingerprint density at radius 1 is 1.22 bits per heavy atom. The molecule has 0 unspecified atom stereocenters. The molecule has 8 heteroatoms. The predicted molar refractivity (Wildman–Crippen MR) is 83.9 cm³/mol. The molecule has 1 aliphatic carbocycles. The summed E-state index contributed by atoms with van der Waals surface area (Å²) >= 11 is 0. The number of sulfonamides is 1. The van der Waals surface area contributed by atoms with Crippen LogP contribution in [0.4, 0.5) is 4.79 Å². The quantitative estimate of drug-likeness (QED) is 0.848. The highest BCUT2D eigenvalue weighted by Crippen LogP contribution is 2.22. The van der Waals surface area contributed by atoms with Crippen molar-refractivity contribution in [1.82, 2.24) is 15.1 Å². The molecule has 126 valence electrons. The van der Waals surface area contributed by atoms with Gasteiger partial charge in [-0.15, -0.1) is 0 Å². The van der Waals surface area contributed by atoms with Gasteiger partial charge in [0.2, 0.25) is 10.0 Å². The first kappa shape index (κ1) is 16.2. The molecule has 1 saturated heterocycles. The highest BCUT2D eigenvalue weighted by molar-refractivity contribution is 7.89. The minimum Gasteiger partial charge on any atom is -0.332 e. The Morgan fingerprint density at radius 2 is 1.96 bits per heavy atom. The van der Waals surface area contributed by atoms with Gasteiger partial charge in [-0.1, -0.05) is 12.1 Å². The number of carbonyl (C=O) groups excluding carboxylic acids is 1. The summed E-state index contributed by atoms with van der Waals surface area (Å²) in [5, 5.41) is 4.10. The first-order valence-corrected chi connectivity index (χ1v) is 9.32. The van der Waals surface area contributed by atoms with Crippen LogP contribution in [0.15, 0.2) is 29.2 Å². The summed E-state index contributed by atoms with van der Waals surface area (Å²) in [5.41, 5.74) is 0.834. The van der Waals surface area contributed by atoms with Crippen molar-refractivity contribution < 1.29 is 18.0 Å². The van der Waals surface area contributed by atoms with Gasteiger partial charge in [0.05, 0.1) is 18.0 Å². The molecule has 1 aromatic rings. The summed E-state index contributed by atoms with van der Waals surface area (Å²) in [5.74, 6) is 0. The van der Waals surface area contributed by atoms with E-state index in [1.807, 2.05) is 0 Å². The molecule has 1 aliphatic heterocycles. The number of hydrogen-bond acceptors (Lipinski definition) is 4. The minimum atomic E-state index is -3.43. The first-order valence-electron chi connectivity index (χ1n) is 7.84. The molecule has 2 fully saturated rings. The molecule has 0 radical (unpaired) electrons. The molecule has 23 heavy (non-hydrogen) atoms. The second-order valence-corrected chi connectivity index (χ2v) is 7.55. The van der Waals surface area contributed by atoms with Crippen LogP contribution in [0.3, 0.4) is 0 Å². The van der Waals surface area contributed by atoms with E-state index in [2.05, 4.69) is 10.0 Å². The molecule has 2 aliphatic rings. The number of carbonyl (C=O) groups is 1. The number of urea groups is 1. The predicted octanol–water partition coefficient (Wildman–Crippen LogP) is 1.36. The lowest BCUT2D eigenvalue weighted by Gasteiger charge is -2.25. The Balaban J connectivity index is 1.53. The maximum Gasteiger partial charge on any atom is 0.341 e. The number of nitrogens with zero attached hydrogens (tertiary/aromatic N) is 1. The molecule has 0 spiro atoms. The number of benzene rings is 1. The normalized spacial score (nSPS) is 18.7. The van der Waals surface area contributed by atoms with Crippen LogP contribution in [0.2, 0.25) is 0 Å². The molecule has 1 saturated carbocycles. The van der Waals surface area contributed by atoms with E-state index < -0.39 is 10.0 Å². The standard InChI is InChI=1S/C15H21N3O4S/c19-15(18-9-1-2-10-22-18)16-11-12-3-7-14(8-4-12)23(20,21)17-13-5-6-13/h3-4,7-8,13,17H,1-2,5-6,9-11H2,(H,16,19). The number of hydroxylamine groups is 2. The maximum absolute atomic E-state index is 12.1.